The summed E-state index contributed by atoms with van der Waals surface area (Å²) >= 11 is 0. The summed E-state index contributed by atoms with van der Waals surface area (Å²) in [5.41, 5.74) is 0. The normalized spacial score (nSPS) is 23.6. The molecule has 0 fully saturated rings. The second kappa shape index (κ2) is 1.44. The van der Waals surface area contributed by atoms with Gasteiger partial charge in [0, 0.05) is 6.42 Å². The molecule has 0 aromatic heterocycles. The summed E-state index contributed by atoms with van der Waals surface area (Å²) in [5, 5.41) is 0. The SMILES string of the molecule is COC1=CCC1(F)F. The summed E-state index contributed by atoms with van der Waals surface area (Å²) in [6.07, 6.45) is 1.20. The molecule has 1 aliphatic carbocycles. The largest absolute Gasteiger partial charge is 0.495 e. The van der Waals surface area contributed by atoms with Crippen LogP contribution >= 0.6 is 0 Å². The molecule has 0 amide bonds. The second-order valence-electron chi connectivity index (χ2n) is 1.68. The van der Waals surface area contributed by atoms with E-state index in [0.717, 1.165) is 0 Å². The van der Waals surface area contributed by atoms with E-state index in [-0.39, 0.29) is 12.2 Å². The quantitative estimate of drug-likeness (QED) is 0.510. The van der Waals surface area contributed by atoms with Crippen LogP contribution in [-0.2, 0) is 4.74 Å². The summed E-state index contributed by atoms with van der Waals surface area (Å²) in [6.45, 7) is 0. The van der Waals surface area contributed by atoms with Crippen LogP contribution in [0, 0.1) is 0 Å². The molecule has 0 heterocycles. The van der Waals surface area contributed by atoms with Gasteiger partial charge in [-0.15, -0.1) is 0 Å². The van der Waals surface area contributed by atoms with Gasteiger partial charge in [0.2, 0.25) is 0 Å². The lowest BCUT2D eigenvalue weighted by Crippen LogP contribution is -2.27. The first-order valence-corrected chi connectivity index (χ1v) is 2.29. The van der Waals surface area contributed by atoms with E-state index in [2.05, 4.69) is 4.74 Å². The van der Waals surface area contributed by atoms with Crippen molar-refractivity contribution in [3.05, 3.63) is 11.8 Å². The van der Waals surface area contributed by atoms with Crippen LogP contribution in [0.4, 0.5) is 8.78 Å². The summed E-state index contributed by atoms with van der Waals surface area (Å²) < 4.78 is 28.3. The van der Waals surface area contributed by atoms with Crippen molar-refractivity contribution in [2.24, 2.45) is 0 Å². The zero-order chi connectivity index (χ0) is 6.20. The molecule has 0 radical (unpaired) electrons. The van der Waals surface area contributed by atoms with E-state index < -0.39 is 5.92 Å². The Bertz CT molecular complexity index is 128. The van der Waals surface area contributed by atoms with E-state index in [1.165, 1.54) is 13.2 Å². The van der Waals surface area contributed by atoms with Crippen molar-refractivity contribution in [1.82, 2.24) is 0 Å². The lowest BCUT2D eigenvalue weighted by molar-refractivity contribution is -0.0331. The maximum Gasteiger partial charge on any atom is 0.307 e. The van der Waals surface area contributed by atoms with Gasteiger partial charge in [0.15, 0.2) is 5.76 Å². The minimum absolute atomic E-state index is 0.170. The van der Waals surface area contributed by atoms with E-state index in [9.17, 15) is 8.78 Å². The highest BCUT2D eigenvalue weighted by Crippen LogP contribution is 2.37. The van der Waals surface area contributed by atoms with Gasteiger partial charge < -0.3 is 4.74 Å². The molecule has 0 saturated carbocycles. The Hall–Kier alpha value is -0.600. The van der Waals surface area contributed by atoms with Gasteiger partial charge in [-0.2, -0.15) is 8.78 Å². The van der Waals surface area contributed by atoms with Crippen LogP contribution in [0.2, 0.25) is 0 Å². The number of hydrogen-bond acceptors (Lipinski definition) is 1. The smallest absolute Gasteiger partial charge is 0.307 e. The fourth-order valence-corrected chi connectivity index (χ4v) is 0.572. The predicted octanol–water partition coefficient (Wildman–Crippen LogP) is 1.56. The third-order valence-corrected chi connectivity index (χ3v) is 1.12. The second-order valence-corrected chi connectivity index (χ2v) is 1.68. The molecule has 0 atom stereocenters. The lowest BCUT2D eigenvalue weighted by Gasteiger charge is -2.24. The molecular weight excluding hydrogens is 114 g/mol. The summed E-state index contributed by atoms with van der Waals surface area (Å²) in [7, 11) is 1.25. The van der Waals surface area contributed by atoms with Gasteiger partial charge >= 0.3 is 5.92 Å². The molecule has 0 aliphatic heterocycles. The number of halogens is 2. The number of ether oxygens (including phenoxy) is 1. The van der Waals surface area contributed by atoms with Gasteiger partial charge in [0.1, 0.15) is 0 Å². The van der Waals surface area contributed by atoms with E-state index >= 15 is 0 Å². The molecule has 0 spiro atoms. The molecule has 0 aromatic carbocycles. The first-order valence-electron chi connectivity index (χ1n) is 2.29. The van der Waals surface area contributed by atoms with Gasteiger partial charge in [-0.05, 0) is 6.08 Å². The molecule has 0 aromatic rings. The van der Waals surface area contributed by atoms with Crippen molar-refractivity contribution in [2.45, 2.75) is 12.3 Å². The van der Waals surface area contributed by atoms with Crippen LogP contribution < -0.4 is 0 Å². The summed E-state index contributed by atoms with van der Waals surface area (Å²) in [4.78, 5) is 0. The van der Waals surface area contributed by atoms with Gasteiger partial charge in [-0.1, -0.05) is 0 Å². The van der Waals surface area contributed by atoms with Crippen molar-refractivity contribution in [1.29, 1.82) is 0 Å². The van der Waals surface area contributed by atoms with Crippen molar-refractivity contribution >= 4 is 0 Å². The Labute approximate surface area is 45.9 Å². The van der Waals surface area contributed by atoms with E-state index in [1.54, 1.807) is 0 Å². The molecule has 0 N–H and O–H groups in total. The number of methoxy groups -OCH3 is 1. The van der Waals surface area contributed by atoms with E-state index in [4.69, 9.17) is 0 Å². The summed E-state index contributed by atoms with van der Waals surface area (Å²) in [6, 6.07) is 0. The lowest BCUT2D eigenvalue weighted by atomic mass is 10.0. The Kier molecular flexibility index (Phi) is 0.994. The molecule has 46 valence electrons. The van der Waals surface area contributed by atoms with E-state index in [1.807, 2.05) is 0 Å². The fraction of sp³-hybridized carbons (Fsp3) is 0.600. The maximum absolute atomic E-state index is 12.0. The molecule has 0 unspecified atom stereocenters. The molecule has 8 heavy (non-hydrogen) atoms. The van der Waals surface area contributed by atoms with Crippen molar-refractivity contribution in [3.8, 4) is 0 Å². The minimum Gasteiger partial charge on any atom is -0.495 e. The Morgan fingerprint density at radius 3 is 2.38 bits per heavy atom. The van der Waals surface area contributed by atoms with Crippen LogP contribution in [0.15, 0.2) is 11.8 Å². The topological polar surface area (TPSA) is 9.23 Å². The highest BCUT2D eigenvalue weighted by atomic mass is 19.3. The predicted molar refractivity (Wildman–Crippen MR) is 24.7 cm³/mol. The number of alkyl halides is 2. The zero-order valence-electron chi connectivity index (χ0n) is 4.45. The number of rotatable bonds is 1. The third-order valence-electron chi connectivity index (χ3n) is 1.12. The Morgan fingerprint density at radius 2 is 2.38 bits per heavy atom. The molecule has 1 aliphatic rings. The highest BCUT2D eigenvalue weighted by Gasteiger charge is 2.41. The van der Waals surface area contributed by atoms with Crippen LogP contribution in [0.25, 0.3) is 0 Å². The first kappa shape index (κ1) is 5.54. The summed E-state index contributed by atoms with van der Waals surface area (Å²) in [5.74, 6) is -2.87. The van der Waals surface area contributed by atoms with E-state index in [0.29, 0.717) is 0 Å². The van der Waals surface area contributed by atoms with Crippen molar-refractivity contribution in [3.63, 3.8) is 0 Å². The fourth-order valence-electron chi connectivity index (χ4n) is 0.572. The van der Waals surface area contributed by atoms with Gasteiger partial charge in [-0.25, -0.2) is 0 Å². The average Bonchev–Trinajstić information content (AvgIpc) is 1.66. The van der Waals surface area contributed by atoms with Crippen LogP contribution in [0.1, 0.15) is 6.42 Å². The van der Waals surface area contributed by atoms with Gasteiger partial charge in [-0.3, -0.25) is 0 Å². The number of allylic oxidation sites excluding steroid dienone is 2. The van der Waals surface area contributed by atoms with Crippen LogP contribution in [-0.4, -0.2) is 13.0 Å². The molecule has 1 rings (SSSR count). The molecule has 0 saturated heterocycles. The molecule has 1 nitrogen and oxygen atoms in total. The van der Waals surface area contributed by atoms with Crippen molar-refractivity contribution < 1.29 is 13.5 Å². The molecule has 3 heteroatoms. The monoisotopic (exact) mass is 120 g/mol. The Balaban J connectivity index is 2.59. The van der Waals surface area contributed by atoms with Crippen molar-refractivity contribution in [2.75, 3.05) is 7.11 Å². The van der Waals surface area contributed by atoms with Gasteiger partial charge in [0.25, 0.3) is 0 Å². The van der Waals surface area contributed by atoms with Crippen LogP contribution in [0.3, 0.4) is 0 Å². The molecular formula is C5H6F2O. The number of hydrogen-bond donors (Lipinski definition) is 0. The first-order chi connectivity index (χ1) is 3.67. The average molecular weight is 120 g/mol. The molecule has 0 bridgehead atoms. The maximum atomic E-state index is 12.0. The third kappa shape index (κ3) is 0.582. The highest BCUT2D eigenvalue weighted by molar-refractivity contribution is 5.17. The zero-order valence-corrected chi connectivity index (χ0v) is 4.45. The van der Waals surface area contributed by atoms with Crippen LogP contribution in [0.5, 0.6) is 0 Å². The Morgan fingerprint density at radius 1 is 1.75 bits per heavy atom. The minimum atomic E-state index is -2.67. The van der Waals surface area contributed by atoms with Gasteiger partial charge in [0.05, 0.1) is 7.11 Å². The standard InChI is InChI=1S/C5H6F2O/c1-8-4-2-3-5(4,6)7/h2H,3H2,1H3.